The van der Waals surface area contributed by atoms with Gasteiger partial charge in [-0.2, -0.15) is 0 Å². The smallest absolute Gasteiger partial charge is 0.118 e. The molecule has 0 saturated carbocycles. The molecule has 13 heavy (non-hydrogen) atoms. The Bertz CT molecular complexity index is 347. The van der Waals surface area contributed by atoms with Gasteiger partial charge in [0, 0.05) is 12.1 Å². The van der Waals surface area contributed by atoms with Gasteiger partial charge in [0.1, 0.15) is 5.75 Å². The van der Waals surface area contributed by atoms with Gasteiger partial charge in [-0.3, -0.25) is 0 Å². The number of hydrogen-bond acceptors (Lipinski definition) is 2. The predicted molar refractivity (Wildman–Crippen MR) is 54.0 cm³/mol. The number of hydrogen-bond donors (Lipinski definition) is 2. The summed E-state index contributed by atoms with van der Waals surface area (Å²) in [6.07, 6.45) is 2.42. The van der Waals surface area contributed by atoms with E-state index in [9.17, 15) is 5.11 Å². The van der Waals surface area contributed by atoms with Crippen LogP contribution in [0.2, 0.25) is 0 Å². The molecule has 1 aromatic rings. The van der Waals surface area contributed by atoms with Crippen LogP contribution in [0, 0.1) is 18.3 Å². The molecular weight excluding hydrogens is 162 g/mol. The van der Waals surface area contributed by atoms with Crippen molar-refractivity contribution in [1.82, 2.24) is 0 Å². The van der Waals surface area contributed by atoms with E-state index in [2.05, 4.69) is 11.8 Å². The molecule has 0 fully saturated rings. The molecule has 1 aromatic carbocycles. The minimum Gasteiger partial charge on any atom is -0.508 e. The van der Waals surface area contributed by atoms with Crippen molar-refractivity contribution in [3.05, 3.63) is 30.2 Å². The number of phenols is 1. The van der Waals surface area contributed by atoms with Gasteiger partial charge in [0.25, 0.3) is 0 Å². The molecule has 0 unspecified atom stereocenters. The van der Waals surface area contributed by atoms with Gasteiger partial charge >= 0.3 is 0 Å². The van der Waals surface area contributed by atoms with Crippen molar-refractivity contribution in [3.63, 3.8) is 0 Å². The summed E-state index contributed by atoms with van der Waals surface area (Å²) in [4.78, 5) is 0. The van der Waals surface area contributed by atoms with Crippen LogP contribution in [0.25, 0.3) is 0 Å². The van der Waals surface area contributed by atoms with E-state index in [-0.39, 0.29) is 5.75 Å². The minimum absolute atomic E-state index is 0.267. The molecule has 0 saturated heterocycles. The zero-order valence-electron chi connectivity index (χ0n) is 7.54. The third-order valence-corrected chi connectivity index (χ3v) is 1.67. The normalized spacial score (nSPS) is 9.00. The second kappa shape index (κ2) is 4.42. The van der Waals surface area contributed by atoms with Crippen molar-refractivity contribution in [3.8, 4) is 17.6 Å². The third kappa shape index (κ3) is 2.72. The number of rotatable bonds is 2. The first-order valence-corrected chi connectivity index (χ1v) is 4.05. The summed E-state index contributed by atoms with van der Waals surface area (Å²) < 4.78 is 0. The van der Waals surface area contributed by atoms with Crippen LogP contribution >= 0.6 is 0 Å². The highest BCUT2D eigenvalue weighted by molar-refractivity contribution is 5.48. The van der Waals surface area contributed by atoms with Gasteiger partial charge in [-0.05, 0) is 37.1 Å². The van der Waals surface area contributed by atoms with Crippen LogP contribution in [-0.4, -0.2) is 5.11 Å². The molecule has 1 rings (SSSR count). The maximum absolute atomic E-state index is 9.41. The van der Waals surface area contributed by atoms with Crippen LogP contribution < -0.4 is 5.73 Å². The van der Waals surface area contributed by atoms with Gasteiger partial charge in [-0.1, -0.05) is 5.92 Å². The predicted octanol–water partition coefficient (Wildman–Crippen LogP) is 1.74. The summed E-state index contributed by atoms with van der Waals surface area (Å²) in [7, 11) is 0. The SMILES string of the molecule is CC#C[CH]Cc1cc(N)ccc1O. The highest BCUT2D eigenvalue weighted by Gasteiger charge is 1.99. The number of benzene rings is 1. The standard InChI is InChI=1S/C11H12NO/c1-2-3-4-5-9-8-10(12)6-7-11(9)13/h4,6-8,13H,5,12H2,1H3. The lowest BCUT2D eigenvalue weighted by atomic mass is 10.1. The summed E-state index contributed by atoms with van der Waals surface area (Å²) in [6.45, 7) is 1.77. The molecule has 2 nitrogen and oxygen atoms in total. The lowest BCUT2D eigenvalue weighted by Gasteiger charge is -2.02. The zero-order valence-corrected chi connectivity index (χ0v) is 7.54. The fourth-order valence-corrected chi connectivity index (χ4v) is 1.03. The van der Waals surface area contributed by atoms with Crippen molar-refractivity contribution in [2.24, 2.45) is 0 Å². The molecule has 0 atom stereocenters. The van der Waals surface area contributed by atoms with E-state index in [0.717, 1.165) is 5.56 Å². The molecule has 0 bridgehead atoms. The molecule has 0 spiro atoms. The van der Waals surface area contributed by atoms with E-state index in [0.29, 0.717) is 12.1 Å². The Hall–Kier alpha value is -1.62. The van der Waals surface area contributed by atoms with Gasteiger partial charge < -0.3 is 10.8 Å². The molecule has 0 aliphatic carbocycles. The van der Waals surface area contributed by atoms with Crippen LogP contribution in [0.3, 0.4) is 0 Å². The highest BCUT2D eigenvalue weighted by Crippen LogP contribution is 2.20. The van der Waals surface area contributed by atoms with Gasteiger partial charge in [-0.25, -0.2) is 0 Å². The molecule has 0 aromatic heterocycles. The Morgan fingerprint density at radius 2 is 2.31 bits per heavy atom. The topological polar surface area (TPSA) is 46.2 Å². The molecule has 0 aliphatic rings. The first kappa shape index (κ1) is 9.47. The molecule has 2 heteroatoms. The Balaban J connectivity index is 2.73. The van der Waals surface area contributed by atoms with E-state index in [4.69, 9.17) is 5.73 Å². The van der Waals surface area contributed by atoms with Crippen LogP contribution in [0.4, 0.5) is 5.69 Å². The highest BCUT2D eigenvalue weighted by atomic mass is 16.3. The first-order chi connectivity index (χ1) is 6.24. The summed E-state index contributed by atoms with van der Waals surface area (Å²) in [5.74, 6) is 5.84. The Morgan fingerprint density at radius 1 is 1.54 bits per heavy atom. The van der Waals surface area contributed by atoms with E-state index in [1.807, 2.05) is 0 Å². The average Bonchev–Trinajstić information content (AvgIpc) is 2.11. The van der Waals surface area contributed by atoms with Crippen molar-refractivity contribution in [2.45, 2.75) is 13.3 Å². The molecule has 1 radical (unpaired) electrons. The lowest BCUT2D eigenvalue weighted by Crippen LogP contribution is -1.90. The summed E-state index contributed by atoms with van der Waals surface area (Å²) in [5, 5.41) is 9.41. The maximum Gasteiger partial charge on any atom is 0.118 e. The van der Waals surface area contributed by atoms with E-state index in [1.54, 1.807) is 31.5 Å². The molecule has 3 N–H and O–H groups in total. The number of phenolic OH excluding ortho intramolecular Hbond substituents is 1. The van der Waals surface area contributed by atoms with Gasteiger partial charge in [0.05, 0.1) is 0 Å². The summed E-state index contributed by atoms with van der Waals surface area (Å²) in [6, 6.07) is 5.02. The summed E-state index contributed by atoms with van der Waals surface area (Å²) in [5.41, 5.74) is 7.04. The second-order valence-corrected chi connectivity index (χ2v) is 2.69. The summed E-state index contributed by atoms with van der Waals surface area (Å²) >= 11 is 0. The van der Waals surface area contributed by atoms with Crippen LogP contribution in [0.15, 0.2) is 18.2 Å². The first-order valence-electron chi connectivity index (χ1n) is 4.05. The van der Waals surface area contributed by atoms with Crippen molar-refractivity contribution >= 4 is 5.69 Å². The van der Waals surface area contributed by atoms with E-state index < -0.39 is 0 Å². The molecule has 0 amide bonds. The Morgan fingerprint density at radius 3 is 3.00 bits per heavy atom. The minimum atomic E-state index is 0.267. The third-order valence-electron chi connectivity index (χ3n) is 1.67. The zero-order chi connectivity index (χ0) is 9.68. The molecule has 0 heterocycles. The Kier molecular flexibility index (Phi) is 3.22. The average molecular weight is 174 g/mol. The number of nitrogen functional groups attached to an aromatic ring is 1. The van der Waals surface area contributed by atoms with Crippen LogP contribution in [0.1, 0.15) is 12.5 Å². The quantitative estimate of drug-likeness (QED) is 0.407. The molecule has 67 valence electrons. The molecular formula is C11H12NO. The van der Waals surface area contributed by atoms with Gasteiger partial charge in [0.2, 0.25) is 0 Å². The van der Waals surface area contributed by atoms with E-state index in [1.165, 1.54) is 0 Å². The van der Waals surface area contributed by atoms with Crippen molar-refractivity contribution < 1.29 is 5.11 Å². The second-order valence-electron chi connectivity index (χ2n) is 2.69. The van der Waals surface area contributed by atoms with Crippen LogP contribution in [-0.2, 0) is 6.42 Å². The van der Waals surface area contributed by atoms with Crippen molar-refractivity contribution in [2.75, 3.05) is 5.73 Å². The monoisotopic (exact) mass is 174 g/mol. The van der Waals surface area contributed by atoms with Gasteiger partial charge in [-0.15, -0.1) is 5.92 Å². The maximum atomic E-state index is 9.41. The fourth-order valence-electron chi connectivity index (χ4n) is 1.03. The number of nitrogens with two attached hydrogens (primary N) is 1. The largest absolute Gasteiger partial charge is 0.508 e. The van der Waals surface area contributed by atoms with Crippen molar-refractivity contribution in [1.29, 1.82) is 0 Å². The van der Waals surface area contributed by atoms with E-state index >= 15 is 0 Å². The van der Waals surface area contributed by atoms with Gasteiger partial charge in [0.15, 0.2) is 0 Å². The number of aromatic hydroxyl groups is 1. The van der Waals surface area contributed by atoms with Crippen LogP contribution in [0.5, 0.6) is 5.75 Å². The lowest BCUT2D eigenvalue weighted by molar-refractivity contribution is 0.469. The molecule has 0 aliphatic heterocycles. The Labute approximate surface area is 78.4 Å². The fraction of sp³-hybridized carbons (Fsp3) is 0.182. The number of anilines is 1.